The van der Waals surface area contributed by atoms with Gasteiger partial charge in [-0.15, -0.1) is 11.3 Å². The van der Waals surface area contributed by atoms with Crippen LogP contribution in [-0.2, 0) is 41.0 Å². The topological polar surface area (TPSA) is 77.1 Å². The first kappa shape index (κ1) is 19.9. The molecule has 0 aromatic carbocycles. The highest BCUT2D eigenvalue weighted by molar-refractivity contribution is 7.90. The quantitative estimate of drug-likeness (QED) is 0.698. The molecule has 150 valence electrons. The summed E-state index contributed by atoms with van der Waals surface area (Å²) in [6.07, 6.45) is 8.53. The number of piperidine rings is 1. The molecule has 1 spiro atoms. The maximum Gasteiger partial charge on any atom is 0.124 e. The van der Waals surface area contributed by atoms with Crippen molar-refractivity contribution in [3.05, 3.63) is 39.3 Å². The summed E-state index contributed by atoms with van der Waals surface area (Å²) in [4.78, 5) is 4.56. The van der Waals surface area contributed by atoms with Crippen molar-refractivity contribution in [2.45, 2.75) is 50.9 Å². The Morgan fingerprint density at radius 2 is 2.39 bits per heavy atom. The van der Waals surface area contributed by atoms with Crippen molar-refractivity contribution in [1.29, 1.82) is 5.26 Å². The lowest BCUT2D eigenvalue weighted by atomic mass is 9.82. The number of likely N-dealkylation sites (tertiary alicyclic amines) is 1. The maximum absolute atomic E-state index is 11.3. The first-order valence-electron chi connectivity index (χ1n) is 9.72. The van der Waals surface area contributed by atoms with Crippen LogP contribution in [0.4, 0.5) is 0 Å². The van der Waals surface area contributed by atoms with Crippen LogP contribution in [0.3, 0.4) is 0 Å². The first-order valence-corrected chi connectivity index (χ1v) is 12.3. The fourth-order valence-corrected chi connectivity index (χ4v) is 6.00. The van der Waals surface area contributed by atoms with Gasteiger partial charge in [-0.3, -0.25) is 9.58 Å². The molecule has 4 rings (SSSR count). The zero-order chi connectivity index (χ0) is 19.7. The van der Waals surface area contributed by atoms with Gasteiger partial charge in [-0.05, 0) is 37.8 Å². The van der Waals surface area contributed by atoms with E-state index in [9.17, 15) is 9.81 Å². The molecule has 1 fully saturated rings. The zero-order valence-electron chi connectivity index (χ0n) is 16.4. The number of hydrogen-bond donors (Lipinski definition) is 0. The van der Waals surface area contributed by atoms with Crippen molar-refractivity contribution in [2.24, 2.45) is 0 Å². The van der Waals surface area contributed by atoms with E-state index in [1.54, 1.807) is 17.6 Å². The van der Waals surface area contributed by atoms with Crippen molar-refractivity contribution in [3.8, 4) is 6.07 Å². The molecular formula is C20H26N4O2S2. The molecule has 3 atom stereocenters. The summed E-state index contributed by atoms with van der Waals surface area (Å²) >= 11 is 0.819. The Morgan fingerprint density at radius 1 is 1.54 bits per heavy atom. The highest BCUT2D eigenvalue weighted by atomic mass is 32.2. The lowest BCUT2D eigenvalue weighted by Gasteiger charge is -2.47. The van der Waals surface area contributed by atoms with E-state index in [0.717, 1.165) is 43.8 Å². The summed E-state index contributed by atoms with van der Waals surface area (Å²) in [5.74, 6) is 0.634. The molecule has 8 heteroatoms. The zero-order valence-corrected chi connectivity index (χ0v) is 18.0. The molecule has 0 radical (unpaired) electrons. The van der Waals surface area contributed by atoms with Crippen LogP contribution in [0.25, 0.3) is 0 Å². The third-order valence-corrected chi connectivity index (χ3v) is 7.84. The SMILES string of the molecule is C[C@H]1C[C@@]2(CCN1Cc1cnn(CC[S+](C)[O-])c1)OCCc1cc(C#N)sc12. The molecule has 28 heavy (non-hydrogen) atoms. The van der Waals surface area contributed by atoms with Crippen molar-refractivity contribution in [3.63, 3.8) is 0 Å². The van der Waals surface area contributed by atoms with Crippen molar-refractivity contribution < 1.29 is 9.29 Å². The summed E-state index contributed by atoms with van der Waals surface area (Å²) in [7, 11) is 0. The minimum Gasteiger partial charge on any atom is -0.617 e. The van der Waals surface area contributed by atoms with E-state index >= 15 is 0 Å². The average molecular weight is 419 g/mol. The minimum absolute atomic E-state index is 0.224. The van der Waals surface area contributed by atoms with Crippen molar-refractivity contribution in [2.75, 3.05) is 25.2 Å². The number of aromatic nitrogens is 2. The van der Waals surface area contributed by atoms with Gasteiger partial charge in [0.25, 0.3) is 0 Å². The van der Waals surface area contributed by atoms with Crippen LogP contribution in [0.15, 0.2) is 18.5 Å². The van der Waals surface area contributed by atoms with Crippen LogP contribution in [-0.4, -0.2) is 50.4 Å². The van der Waals surface area contributed by atoms with Gasteiger partial charge in [-0.25, -0.2) is 0 Å². The molecule has 1 unspecified atom stereocenters. The number of fused-ring (bicyclic) bond motifs is 2. The Bertz CT molecular complexity index is 872. The molecule has 6 nitrogen and oxygen atoms in total. The van der Waals surface area contributed by atoms with Gasteiger partial charge in [0.1, 0.15) is 22.3 Å². The fraction of sp³-hybridized carbons (Fsp3) is 0.600. The standard InChI is InChI=1S/C20H26N4O2S2/c1-15-10-20(19-17(3-7-26-20)9-18(11-21)27-19)4-5-23(15)13-16-12-22-24(14-16)6-8-28(2)25/h9,12,14-15H,3-8,10,13H2,1-2H3/t15-,20+,28?/m0/s1. The second-order valence-corrected chi connectivity index (χ2v) is 10.4. The molecular weight excluding hydrogens is 392 g/mol. The van der Waals surface area contributed by atoms with E-state index in [-0.39, 0.29) is 5.60 Å². The molecule has 2 aromatic heterocycles. The van der Waals surface area contributed by atoms with Crippen molar-refractivity contribution >= 4 is 22.5 Å². The van der Waals surface area contributed by atoms with Gasteiger partial charge < -0.3 is 9.29 Å². The summed E-state index contributed by atoms with van der Waals surface area (Å²) < 4.78 is 19.5. The highest BCUT2D eigenvalue weighted by Crippen LogP contribution is 2.47. The second-order valence-electron chi connectivity index (χ2n) is 7.83. The fourth-order valence-electron chi connectivity index (χ4n) is 4.37. The molecule has 0 N–H and O–H groups in total. The van der Waals surface area contributed by atoms with Gasteiger partial charge in [0.15, 0.2) is 0 Å². The van der Waals surface area contributed by atoms with Gasteiger partial charge in [-0.2, -0.15) is 10.4 Å². The van der Waals surface area contributed by atoms with Gasteiger partial charge in [0.05, 0.1) is 25.6 Å². The predicted octanol–water partition coefficient (Wildman–Crippen LogP) is 2.65. The number of hydrogen-bond acceptors (Lipinski definition) is 6. The molecule has 2 aliphatic rings. The molecule has 0 bridgehead atoms. The normalized spacial score (nSPS) is 26.1. The lowest BCUT2D eigenvalue weighted by molar-refractivity contribution is -0.110. The van der Waals surface area contributed by atoms with Crippen LogP contribution < -0.4 is 0 Å². The van der Waals surface area contributed by atoms with E-state index in [0.29, 0.717) is 18.3 Å². The van der Waals surface area contributed by atoms with E-state index in [4.69, 9.17) is 4.74 Å². The Morgan fingerprint density at radius 3 is 3.14 bits per heavy atom. The number of nitrogens with zero attached hydrogens (tertiary/aromatic N) is 4. The van der Waals surface area contributed by atoms with E-state index in [1.807, 2.05) is 10.9 Å². The largest absolute Gasteiger partial charge is 0.617 e. The summed E-state index contributed by atoms with van der Waals surface area (Å²) in [6, 6.07) is 4.74. The highest BCUT2D eigenvalue weighted by Gasteiger charge is 2.44. The van der Waals surface area contributed by atoms with Gasteiger partial charge >= 0.3 is 0 Å². The molecule has 4 heterocycles. The smallest absolute Gasteiger partial charge is 0.124 e. The molecule has 1 saturated heterocycles. The minimum atomic E-state index is -0.797. The van der Waals surface area contributed by atoms with Gasteiger partial charge in [0.2, 0.25) is 0 Å². The average Bonchev–Trinajstić information content (AvgIpc) is 3.30. The lowest BCUT2D eigenvalue weighted by Crippen LogP contribution is -2.49. The molecule has 0 aliphatic carbocycles. The Kier molecular flexibility index (Phi) is 5.81. The van der Waals surface area contributed by atoms with Crippen LogP contribution >= 0.6 is 11.3 Å². The number of rotatable bonds is 5. The van der Waals surface area contributed by atoms with Gasteiger partial charge in [-0.1, -0.05) is 11.2 Å². The predicted molar refractivity (Wildman–Crippen MR) is 111 cm³/mol. The van der Waals surface area contributed by atoms with Crippen LogP contribution in [0, 0.1) is 11.3 Å². The maximum atomic E-state index is 11.3. The number of aryl methyl sites for hydroxylation is 1. The van der Waals surface area contributed by atoms with Crippen LogP contribution in [0.5, 0.6) is 0 Å². The van der Waals surface area contributed by atoms with Crippen LogP contribution in [0.2, 0.25) is 0 Å². The van der Waals surface area contributed by atoms with E-state index in [2.05, 4.69) is 35.3 Å². The van der Waals surface area contributed by atoms with Gasteiger partial charge in [0, 0.05) is 35.8 Å². The van der Waals surface area contributed by atoms with Crippen LogP contribution in [0.1, 0.15) is 40.6 Å². The molecule has 0 amide bonds. The van der Waals surface area contributed by atoms with Crippen molar-refractivity contribution in [1.82, 2.24) is 14.7 Å². The Balaban J connectivity index is 1.43. The Hall–Kier alpha value is -1.37. The van der Waals surface area contributed by atoms with E-state index in [1.165, 1.54) is 16.0 Å². The molecule has 0 saturated carbocycles. The number of thiophene rings is 1. The number of ether oxygens (including phenoxy) is 1. The first-order chi connectivity index (χ1) is 13.5. The number of nitriles is 1. The molecule has 2 aliphatic heterocycles. The second kappa shape index (κ2) is 8.17. The summed E-state index contributed by atoms with van der Waals surface area (Å²) in [5, 5.41) is 13.7. The van der Waals surface area contributed by atoms with E-state index < -0.39 is 11.2 Å². The third-order valence-electron chi connectivity index (χ3n) is 5.81. The summed E-state index contributed by atoms with van der Waals surface area (Å²) in [6.45, 7) is 5.53. The summed E-state index contributed by atoms with van der Waals surface area (Å²) in [5.41, 5.74) is 2.28. The third kappa shape index (κ3) is 4.00. The monoisotopic (exact) mass is 418 g/mol. The Labute approximate surface area is 173 Å². The molecule has 2 aromatic rings.